The lowest BCUT2D eigenvalue weighted by atomic mass is 9.96. The predicted molar refractivity (Wildman–Crippen MR) is 43.4 cm³/mol. The molecule has 0 amide bonds. The minimum atomic E-state index is 0.0763. The molecule has 2 rings (SSSR count). The lowest BCUT2D eigenvalue weighted by molar-refractivity contribution is -0.110. The highest BCUT2D eigenvalue weighted by molar-refractivity contribution is 6.03. The van der Waals surface area contributed by atoms with Crippen molar-refractivity contribution in [2.75, 3.05) is 0 Å². The molecule has 0 saturated carbocycles. The highest BCUT2D eigenvalue weighted by Crippen LogP contribution is 2.21. The average Bonchev–Trinajstić information content (AvgIpc) is 2.04. The monoisotopic (exact) mass is 145 g/mol. The van der Waals surface area contributed by atoms with Gasteiger partial charge in [-0.2, -0.15) is 0 Å². The summed E-state index contributed by atoms with van der Waals surface area (Å²) in [5.74, 6) is 0.0763. The number of carbonyl (C=O) groups is 1. The Morgan fingerprint density at radius 2 is 2.27 bits per heavy atom. The number of carbonyl (C=O) groups excluding carboxylic acids is 1. The fourth-order valence-corrected chi connectivity index (χ4v) is 1.17. The van der Waals surface area contributed by atoms with E-state index in [-0.39, 0.29) is 5.78 Å². The molecule has 2 aliphatic rings. The third kappa shape index (κ3) is 1.07. The first-order valence-electron chi connectivity index (χ1n) is 3.51. The van der Waals surface area contributed by atoms with Crippen LogP contribution >= 0.6 is 0 Å². The molecular formula is C9H7NO. The Balaban J connectivity index is 2.44. The fourth-order valence-electron chi connectivity index (χ4n) is 1.17. The number of fused-ring (bicyclic) bond motifs is 1. The third-order valence-corrected chi connectivity index (χ3v) is 1.74. The van der Waals surface area contributed by atoms with Crippen LogP contribution in [0.15, 0.2) is 40.6 Å². The molecule has 1 aliphatic heterocycles. The molecule has 2 heteroatoms. The van der Waals surface area contributed by atoms with E-state index in [0.29, 0.717) is 0 Å². The fraction of sp³-hybridized carbons (Fsp3) is 0.111. The van der Waals surface area contributed by atoms with Crippen LogP contribution in [0.5, 0.6) is 0 Å². The molecule has 0 radical (unpaired) electrons. The second-order valence-electron chi connectivity index (χ2n) is 2.53. The Kier molecular flexibility index (Phi) is 1.32. The van der Waals surface area contributed by atoms with E-state index in [4.69, 9.17) is 0 Å². The summed E-state index contributed by atoms with van der Waals surface area (Å²) in [6.45, 7) is 0. The Bertz CT molecular complexity index is 318. The highest BCUT2D eigenvalue weighted by atomic mass is 16.1. The van der Waals surface area contributed by atoms with Crippen LogP contribution in [0, 0.1) is 0 Å². The van der Waals surface area contributed by atoms with Crippen LogP contribution in [0.3, 0.4) is 0 Å². The zero-order valence-electron chi connectivity index (χ0n) is 5.95. The molecule has 54 valence electrons. The first kappa shape index (κ1) is 6.28. The Labute approximate surface area is 64.6 Å². The van der Waals surface area contributed by atoms with Gasteiger partial charge < -0.3 is 0 Å². The quantitative estimate of drug-likeness (QED) is 0.506. The van der Waals surface area contributed by atoms with Gasteiger partial charge in [-0.25, -0.2) is 0 Å². The molecule has 0 unspecified atom stereocenters. The van der Waals surface area contributed by atoms with E-state index >= 15 is 0 Å². The van der Waals surface area contributed by atoms with Crippen molar-refractivity contribution in [2.24, 2.45) is 4.99 Å². The molecule has 0 aromatic rings. The van der Waals surface area contributed by atoms with Crippen molar-refractivity contribution in [1.82, 2.24) is 0 Å². The molecule has 0 saturated heterocycles. The van der Waals surface area contributed by atoms with E-state index in [0.717, 1.165) is 17.6 Å². The van der Waals surface area contributed by atoms with Crippen LogP contribution in [0.1, 0.15) is 6.42 Å². The smallest absolute Gasteiger partial charge is 0.178 e. The second kappa shape index (κ2) is 2.31. The van der Waals surface area contributed by atoms with Crippen molar-refractivity contribution in [3.05, 3.63) is 35.6 Å². The van der Waals surface area contributed by atoms with Gasteiger partial charge in [0.05, 0.1) is 0 Å². The van der Waals surface area contributed by atoms with Gasteiger partial charge >= 0.3 is 0 Å². The maximum Gasteiger partial charge on any atom is 0.178 e. The maximum absolute atomic E-state index is 10.9. The van der Waals surface area contributed by atoms with Crippen molar-refractivity contribution in [2.45, 2.75) is 6.42 Å². The molecule has 0 fully saturated rings. The summed E-state index contributed by atoms with van der Waals surface area (Å²) in [5, 5.41) is 0. The minimum Gasteiger partial charge on any atom is -0.290 e. The molecular weight excluding hydrogens is 138 g/mol. The van der Waals surface area contributed by atoms with Crippen molar-refractivity contribution >= 4 is 12.0 Å². The summed E-state index contributed by atoms with van der Waals surface area (Å²) >= 11 is 0. The summed E-state index contributed by atoms with van der Waals surface area (Å²) in [7, 11) is 0. The Morgan fingerprint density at radius 1 is 1.36 bits per heavy atom. The molecule has 0 atom stereocenters. The van der Waals surface area contributed by atoms with Crippen molar-refractivity contribution in [3.63, 3.8) is 0 Å². The Hall–Kier alpha value is -1.44. The number of ketones is 1. The van der Waals surface area contributed by atoms with Crippen molar-refractivity contribution < 1.29 is 4.79 Å². The van der Waals surface area contributed by atoms with Gasteiger partial charge in [0.1, 0.15) is 0 Å². The van der Waals surface area contributed by atoms with E-state index in [9.17, 15) is 4.79 Å². The number of rotatable bonds is 0. The second-order valence-corrected chi connectivity index (χ2v) is 2.53. The number of hydrogen-bond acceptors (Lipinski definition) is 2. The van der Waals surface area contributed by atoms with E-state index < -0.39 is 0 Å². The zero-order chi connectivity index (χ0) is 7.68. The van der Waals surface area contributed by atoms with Gasteiger partial charge in [-0.05, 0) is 29.4 Å². The Morgan fingerprint density at radius 3 is 3.18 bits per heavy atom. The molecule has 1 aliphatic carbocycles. The van der Waals surface area contributed by atoms with Gasteiger partial charge in [-0.3, -0.25) is 9.79 Å². The molecule has 11 heavy (non-hydrogen) atoms. The lowest BCUT2D eigenvalue weighted by Crippen LogP contribution is -2.02. The molecule has 0 aromatic carbocycles. The molecule has 1 heterocycles. The molecule has 0 N–H and O–H groups in total. The summed E-state index contributed by atoms with van der Waals surface area (Å²) in [5.41, 5.74) is 2.14. The number of nitrogens with zero attached hydrogens (tertiary/aromatic N) is 1. The van der Waals surface area contributed by atoms with Gasteiger partial charge in [0, 0.05) is 18.8 Å². The standard InChI is InChI=1S/C9H7NO/c11-9-2-1-8-6-10-4-3-7(8)5-9/h1-2,4-6H,3H2. The van der Waals surface area contributed by atoms with Crippen LogP contribution in [-0.4, -0.2) is 12.0 Å². The summed E-state index contributed by atoms with van der Waals surface area (Å²) in [6.07, 6.45) is 9.41. The summed E-state index contributed by atoms with van der Waals surface area (Å²) in [6, 6.07) is 0. The maximum atomic E-state index is 10.9. The summed E-state index contributed by atoms with van der Waals surface area (Å²) in [4.78, 5) is 14.9. The van der Waals surface area contributed by atoms with Crippen LogP contribution in [0.2, 0.25) is 0 Å². The zero-order valence-corrected chi connectivity index (χ0v) is 5.95. The van der Waals surface area contributed by atoms with Crippen LogP contribution in [-0.2, 0) is 4.79 Å². The van der Waals surface area contributed by atoms with Gasteiger partial charge in [0.2, 0.25) is 0 Å². The van der Waals surface area contributed by atoms with E-state index in [1.807, 2.05) is 12.3 Å². The lowest BCUT2D eigenvalue weighted by Gasteiger charge is -2.10. The van der Waals surface area contributed by atoms with Crippen LogP contribution in [0.25, 0.3) is 0 Å². The molecule has 2 nitrogen and oxygen atoms in total. The molecule has 0 aromatic heterocycles. The first-order chi connectivity index (χ1) is 5.36. The average molecular weight is 145 g/mol. The highest BCUT2D eigenvalue weighted by Gasteiger charge is 2.10. The van der Waals surface area contributed by atoms with Gasteiger partial charge in [0.25, 0.3) is 0 Å². The van der Waals surface area contributed by atoms with Gasteiger partial charge in [0.15, 0.2) is 5.78 Å². The van der Waals surface area contributed by atoms with E-state index in [1.54, 1.807) is 18.4 Å². The molecule has 0 bridgehead atoms. The molecule has 0 spiro atoms. The van der Waals surface area contributed by atoms with Crippen LogP contribution < -0.4 is 0 Å². The van der Waals surface area contributed by atoms with E-state index in [1.165, 1.54) is 0 Å². The van der Waals surface area contributed by atoms with Gasteiger partial charge in [-0.1, -0.05) is 0 Å². The minimum absolute atomic E-state index is 0.0763. The number of aliphatic imine (C=N–C) groups is 1. The van der Waals surface area contributed by atoms with Crippen molar-refractivity contribution in [1.29, 1.82) is 0 Å². The summed E-state index contributed by atoms with van der Waals surface area (Å²) < 4.78 is 0. The third-order valence-electron chi connectivity index (χ3n) is 1.74. The van der Waals surface area contributed by atoms with E-state index in [2.05, 4.69) is 4.99 Å². The number of allylic oxidation sites excluding steroid dienone is 5. The normalized spacial score (nSPS) is 20.9. The van der Waals surface area contributed by atoms with Crippen LogP contribution in [0.4, 0.5) is 0 Å². The van der Waals surface area contributed by atoms with Crippen molar-refractivity contribution in [3.8, 4) is 0 Å². The largest absolute Gasteiger partial charge is 0.290 e. The first-order valence-corrected chi connectivity index (χ1v) is 3.51. The predicted octanol–water partition coefficient (Wildman–Crippen LogP) is 1.41. The van der Waals surface area contributed by atoms with Gasteiger partial charge in [-0.15, -0.1) is 0 Å². The SMILES string of the molecule is O=C1C=CC2=CN=CCC2=C1. The number of hydrogen-bond donors (Lipinski definition) is 0. The topological polar surface area (TPSA) is 29.4 Å².